The van der Waals surface area contributed by atoms with E-state index in [-0.39, 0.29) is 6.61 Å². The van der Waals surface area contributed by atoms with Gasteiger partial charge in [0.1, 0.15) is 0 Å². The molecule has 1 unspecified atom stereocenters. The van der Waals surface area contributed by atoms with Crippen LogP contribution in [0.2, 0.25) is 0 Å². The number of H-pyrrole nitrogens is 1. The highest BCUT2D eigenvalue weighted by Gasteiger charge is 2.24. The topological polar surface area (TPSA) is 61.4 Å². The molecule has 1 saturated carbocycles. The van der Waals surface area contributed by atoms with Crippen molar-refractivity contribution in [2.24, 2.45) is 0 Å². The highest BCUT2D eigenvalue weighted by Crippen LogP contribution is 2.27. The number of aliphatic hydroxyl groups excluding tert-OH is 1. The van der Waals surface area contributed by atoms with E-state index in [2.05, 4.69) is 46.3 Å². The second-order valence-electron chi connectivity index (χ2n) is 8.82. The number of aliphatic hydroxyl groups is 1. The van der Waals surface area contributed by atoms with Crippen LogP contribution in [0.15, 0.2) is 42.6 Å². The average Bonchev–Trinajstić information content (AvgIpc) is 3.52. The summed E-state index contributed by atoms with van der Waals surface area (Å²) in [5.74, 6) is 0. The number of benzene rings is 1. The lowest BCUT2D eigenvalue weighted by molar-refractivity contribution is 0.0457. The van der Waals surface area contributed by atoms with Crippen molar-refractivity contribution in [2.75, 3.05) is 13.2 Å². The Hall–Kier alpha value is -2.21. The molecule has 158 valence electrons. The van der Waals surface area contributed by atoms with Gasteiger partial charge in [-0.1, -0.05) is 31.0 Å². The van der Waals surface area contributed by atoms with E-state index in [9.17, 15) is 5.11 Å². The lowest BCUT2D eigenvalue weighted by atomic mass is 10.1. The Morgan fingerprint density at radius 1 is 1.10 bits per heavy atom. The van der Waals surface area contributed by atoms with Gasteiger partial charge in [-0.15, -0.1) is 0 Å². The third-order valence-corrected chi connectivity index (χ3v) is 6.65. The molecule has 3 heterocycles. The van der Waals surface area contributed by atoms with E-state index in [1.165, 1.54) is 42.3 Å². The summed E-state index contributed by atoms with van der Waals surface area (Å²) in [5, 5.41) is 10.8. The van der Waals surface area contributed by atoms with Crippen molar-refractivity contribution in [3.8, 4) is 11.3 Å². The molecule has 0 spiro atoms. The number of ether oxygens (including phenoxy) is 1. The number of hydrogen-bond acceptors (Lipinski definition) is 4. The lowest BCUT2D eigenvalue weighted by Gasteiger charge is -2.21. The Labute approximate surface area is 178 Å². The summed E-state index contributed by atoms with van der Waals surface area (Å²) >= 11 is 0. The van der Waals surface area contributed by atoms with Crippen LogP contribution in [0.3, 0.4) is 0 Å². The predicted molar refractivity (Wildman–Crippen MR) is 119 cm³/mol. The average molecular weight is 406 g/mol. The molecule has 5 heteroatoms. The van der Waals surface area contributed by atoms with Gasteiger partial charge in [0, 0.05) is 29.2 Å². The number of pyridine rings is 1. The Bertz CT molecular complexity index is 993. The van der Waals surface area contributed by atoms with Crippen molar-refractivity contribution < 1.29 is 9.84 Å². The zero-order valence-electron chi connectivity index (χ0n) is 17.5. The first-order valence-electron chi connectivity index (χ1n) is 11.3. The summed E-state index contributed by atoms with van der Waals surface area (Å²) in [6.45, 7) is 2.83. The fraction of sp³-hybridized carbons (Fsp3) is 0.480. The van der Waals surface area contributed by atoms with Crippen molar-refractivity contribution in [3.63, 3.8) is 0 Å². The normalized spacial score (nSPS) is 20.5. The monoisotopic (exact) mass is 405 g/mol. The quantitative estimate of drug-likeness (QED) is 0.601. The van der Waals surface area contributed by atoms with Crippen LogP contribution in [-0.2, 0) is 17.9 Å². The van der Waals surface area contributed by atoms with Gasteiger partial charge in [-0.25, -0.2) is 0 Å². The van der Waals surface area contributed by atoms with Crippen molar-refractivity contribution >= 4 is 10.9 Å². The highest BCUT2D eigenvalue weighted by molar-refractivity contribution is 5.83. The Balaban J connectivity index is 1.31. The Morgan fingerprint density at radius 2 is 2.00 bits per heavy atom. The summed E-state index contributed by atoms with van der Waals surface area (Å²) < 4.78 is 6.09. The van der Waals surface area contributed by atoms with Gasteiger partial charge < -0.3 is 14.8 Å². The molecule has 5 nitrogen and oxygen atoms in total. The van der Waals surface area contributed by atoms with Crippen LogP contribution in [0.25, 0.3) is 22.2 Å². The van der Waals surface area contributed by atoms with Crippen LogP contribution in [0.4, 0.5) is 0 Å². The molecule has 1 aliphatic carbocycles. The molecule has 2 aliphatic rings. The predicted octanol–water partition coefficient (Wildman–Crippen LogP) is 4.65. The molecule has 30 heavy (non-hydrogen) atoms. The van der Waals surface area contributed by atoms with Gasteiger partial charge in [-0.3, -0.25) is 9.88 Å². The number of nitrogens with zero attached hydrogens (tertiary/aromatic N) is 2. The van der Waals surface area contributed by atoms with Crippen LogP contribution >= 0.6 is 0 Å². The molecule has 1 saturated heterocycles. The summed E-state index contributed by atoms with van der Waals surface area (Å²) in [4.78, 5) is 10.6. The highest BCUT2D eigenvalue weighted by atomic mass is 16.5. The van der Waals surface area contributed by atoms with Gasteiger partial charge >= 0.3 is 0 Å². The van der Waals surface area contributed by atoms with Gasteiger partial charge in [0.15, 0.2) is 0 Å². The second kappa shape index (κ2) is 8.88. The fourth-order valence-corrected chi connectivity index (χ4v) is 4.95. The van der Waals surface area contributed by atoms with Gasteiger partial charge in [-0.05, 0) is 56.0 Å². The van der Waals surface area contributed by atoms with Gasteiger partial charge in [0.05, 0.1) is 36.7 Å². The van der Waals surface area contributed by atoms with E-state index >= 15 is 0 Å². The van der Waals surface area contributed by atoms with Crippen LogP contribution in [-0.4, -0.2) is 45.3 Å². The van der Waals surface area contributed by atoms with E-state index in [1.54, 1.807) is 0 Å². The molecule has 3 aromatic rings. The largest absolute Gasteiger partial charge is 0.395 e. The molecule has 2 aromatic heterocycles. The molecule has 0 bridgehead atoms. The van der Waals surface area contributed by atoms with Crippen molar-refractivity contribution in [2.45, 2.75) is 63.8 Å². The fourth-order valence-electron chi connectivity index (χ4n) is 4.95. The third kappa shape index (κ3) is 4.29. The Morgan fingerprint density at radius 3 is 2.87 bits per heavy atom. The smallest absolute Gasteiger partial charge is 0.0720 e. The van der Waals surface area contributed by atoms with Crippen LogP contribution < -0.4 is 0 Å². The van der Waals surface area contributed by atoms with E-state index in [4.69, 9.17) is 9.72 Å². The first-order valence-corrected chi connectivity index (χ1v) is 11.3. The molecular weight excluding hydrogens is 374 g/mol. The molecule has 1 aliphatic heterocycles. The summed E-state index contributed by atoms with van der Waals surface area (Å²) in [5.41, 5.74) is 5.58. The standard InChI is InChI=1S/C25H31N3O2/c29-16-22-7-4-10-28(22)15-21-12-20-13-24(26-14-25(20)27-21)19-6-3-5-18(11-19)17-30-23-8-1-2-9-23/h3,5-6,11-14,22-23,27,29H,1-2,4,7-10,15-17H2. The minimum atomic E-state index is 0.243. The number of aromatic nitrogens is 2. The third-order valence-electron chi connectivity index (χ3n) is 6.65. The number of fused-ring (bicyclic) bond motifs is 1. The Kier molecular flexibility index (Phi) is 5.84. The molecular formula is C25H31N3O2. The van der Waals surface area contributed by atoms with Crippen LogP contribution in [0, 0.1) is 0 Å². The summed E-state index contributed by atoms with van der Waals surface area (Å²) in [6, 6.07) is 13.2. The van der Waals surface area contributed by atoms with Gasteiger partial charge in [0.2, 0.25) is 0 Å². The summed E-state index contributed by atoms with van der Waals surface area (Å²) in [7, 11) is 0. The van der Waals surface area contributed by atoms with Crippen LogP contribution in [0.5, 0.6) is 0 Å². The maximum absolute atomic E-state index is 9.57. The maximum Gasteiger partial charge on any atom is 0.0720 e. The van der Waals surface area contributed by atoms with E-state index in [0.29, 0.717) is 18.8 Å². The number of rotatable bonds is 7. The lowest BCUT2D eigenvalue weighted by Crippen LogP contribution is -2.31. The van der Waals surface area contributed by atoms with Crippen LogP contribution in [0.1, 0.15) is 49.8 Å². The number of hydrogen-bond donors (Lipinski definition) is 2. The van der Waals surface area contributed by atoms with E-state index < -0.39 is 0 Å². The van der Waals surface area contributed by atoms with E-state index in [0.717, 1.165) is 42.7 Å². The van der Waals surface area contributed by atoms with Gasteiger partial charge in [-0.2, -0.15) is 0 Å². The molecule has 0 radical (unpaired) electrons. The van der Waals surface area contributed by atoms with E-state index in [1.807, 2.05) is 6.20 Å². The first kappa shape index (κ1) is 19.7. The number of nitrogens with one attached hydrogen (secondary N) is 1. The second-order valence-corrected chi connectivity index (χ2v) is 8.82. The summed E-state index contributed by atoms with van der Waals surface area (Å²) in [6.07, 6.45) is 9.61. The minimum absolute atomic E-state index is 0.243. The van der Waals surface area contributed by atoms with Crippen molar-refractivity contribution in [1.29, 1.82) is 0 Å². The molecule has 5 rings (SSSR count). The first-order chi connectivity index (χ1) is 14.8. The van der Waals surface area contributed by atoms with Crippen molar-refractivity contribution in [1.82, 2.24) is 14.9 Å². The van der Waals surface area contributed by atoms with Gasteiger partial charge in [0.25, 0.3) is 0 Å². The molecule has 0 amide bonds. The number of likely N-dealkylation sites (tertiary alicyclic amines) is 1. The zero-order valence-corrected chi connectivity index (χ0v) is 17.5. The molecule has 2 N–H and O–H groups in total. The SMILES string of the molecule is OCC1CCCN1Cc1cc2cc(-c3cccc(COC4CCCC4)c3)ncc2[nH]1. The minimum Gasteiger partial charge on any atom is -0.395 e. The zero-order chi connectivity index (χ0) is 20.3. The molecule has 1 aromatic carbocycles. The maximum atomic E-state index is 9.57. The molecule has 2 fully saturated rings. The molecule has 1 atom stereocenters. The number of aromatic amines is 1. The van der Waals surface area contributed by atoms with Crippen molar-refractivity contribution in [3.05, 3.63) is 53.9 Å².